The molecule has 1 fully saturated rings. The molecule has 1 unspecified atom stereocenters. The Morgan fingerprint density at radius 3 is 3.12 bits per heavy atom. The summed E-state index contributed by atoms with van der Waals surface area (Å²) >= 11 is 5.30. The maximum absolute atomic E-state index is 3.55. The zero-order valence-electron chi connectivity index (χ0n) is 10.4. The molecule has 0 spiro atoms. The minimum Gasteiger partial charge on any atom is -0.312 e. The molecule has 0 amide bonds. The van der Waals surface area contributed by atoms with E-state index in [1.807, 2.05) is 11.3 Å². The van der Waals surface area contributed by atoms with Gasteiger partial charge < -0.3 is 10.2 Å². The number of rotatable bonds is 5. The molecule has 1 aliphatic rings. The first-order chi connectivity index (χ1) is 8.25. The number of likely N-dealkylation sites (tertiary alicyclic amines) is 1. The van der Waals surface area contributed by atoms with Gasteiger partial charge >= 0.3 is 0 Å². The average molecular weight is 317 g/mol. The van der Waals surface area contributed by atoms with Gasteiger partial charge in [0.25, 0.3) is 0 Å². The van der Waals surface area contributed by atoms with Crippen LogP contribution < -0.4 is 5.32 Å². The lowest BCUT2D eigenvalue weighted by atomic mass is 10.0. The maximum atomic E-state index is 3.55. The monoisotopic (exact) mass is 316 g/mol. The number of thiophene rings is 1. The third-order valence-electron chi connectivity index (χ3n) is 3.50. The zero-order valence-corrected chi connectivity index (χ0v) is 12.8. The predicted molar refractivity (Wildman–Crippen MR) is 78.6 cm³/mol. The van der Waals surface area contributed by atoms with E-state index in [2.05, 4.69) is 44.6 Å². The van der Waals surface area contributed by atoms with E-state index in [1.54, 1.807) is 0 Å². The average Bonchev–Trinajstić information content (AvgIpc) is 2.73. The molecular weight excluding hydrogens is 296 g/mol. The van der Waals surface area contributed by atoms with Crippen molar-refractivity contribution in [3.63, 3.8) is 0 Å². The summed E-state index contributed by atoms with van der Waals surface area (Å²) in [5, 5.41) is 5.69. The topological polar surface area (TPSA) is 15.3 Å². The van der Waals surface area contributed by atoms with E-state index < -0.39 is 0 Å². The third-order valence-corrected chi connectivity index (χ3v) is 5.19. The molecule has 2 nitrogen and oxygen atoms in total. The van der Waals surface area contributed by atoms with Crippen LogP contribution in [0.25, 0.3) is 0 Å². The minimum atomic E-state index is 0.798. The second-order valence-corrected chi connectivity index (χ2v) is 6.74. The van der Waals surface area contributed by atoms with Crippen molar-refractivity contribution in [2.45, 2.75) is 38.3 Å². The van der Waals surface area contributed by atoms with Crippen LogP contribution in [0.1, 0.15) is 30.6 Å². The Bertz CT molecular complexity index is 340. The van der Waals surface area contributed by atoms with Gasteiger partial charge in [-0.2, -0.15) is 0 Å². The Hall–Kier alpha value is 0.1000. The predicted octanol–water partition coefficient (Wildman–Crippen LogP) is 3.47. The van der Waals surface area contributed by atoms with Crippen molar-refractivity contribution >= 4 is 27.3 Å². The maximum Gasteiger partial charge on any atom is 0.0300 e. The lowest BCUT2D eigenvalue weighted by molar-refractivity contribution is 0.175. The normalized spacial score (nSPS) is 21.9. The molecule has 1 saturated heterocycles. The van der Waals surface area contributed by atoms with Crippen molar-refractivity contribution < 1.29 is 0 Å². The first-order valence-electron chi connectivity index (χ1n) is 6.39. The highest BCUT2D eigenvalue weighted by molar-refractivity contribution is 9.10. The van der Waals surface area contributed by atoms with E-state index >= 15 is 0 Å². The van der Waals surface area contributed by atoms with Crippen molar-refractivity contribution in [2.75, 3.05) is 20.1 Å². The molecule has 0 aromatic carbocycles. The van der Waals surface area contributed by atoms with Gasteiger partial charge in [-0.25, -0.2) is 0 Å². The van der Waals surface area contributed by atoms with Gasteiger partial charge in [0.05, 0.1) is 0 Å². The Labute approximate surface area is 117 Å². The van der Waals surface area contributed by atoms with E-state index in [1.165, 1.54) is 41.6 Å². The third kappa shape index (κ3) is 4.36. The van der Waals surface area contributed by atoms with E-state index in [0.29, 0.717) is 0 Å². The number of hydrogen-bond acceptors (Lipinski definition) is 3. The molecule has 0 radical (unpaired) electrons. The highest BCUT2D eigenvalue weighted by atomic mass is 79.9. The van der Waals surface area contributed by atoms with Crippen molar-refractivity contribution in [2.24, 2.45) is 0 Å². The molecule has 96 valence electrons. The summed E-state index contributed by atoms with van der Waals surface area (Å²) in [6.07, 6.45) is 5.45. The van der Waals surface area contributed by atoms with Gasteiger partial charge in [-0.1, -0.05) is 6.42 Å². The number of hydrogen-bond donors (Lipinski definition) is 1. The second kappa shape index (κ2) is 6.88. The van der Waals surface area contributed by atoms with Crippen LogP contribution in [0.4, 0.5) is 0 Å². The van der Waals surface area contributed by atoms with Crippen LogP contribution in [-0.2, 0) is 6.54 Å². The smallest absolute Gasteiger partial charge is 0.0300 e. The molecule has 0 aliphatic carbocycles. The summed E-state index contributed by atoms with van der Waals surface area (Å²) in [7, 11) is 2.26. The van der Waals surface area contributed by atoms with Crippen LogP contribution in [0.3, 0.4) is 0 Å². The quantitative estimate of drug-likeness (QED) is 0.837. The van der Waals surface area contributed by atoms with Crippen molar-refractivity contribution in [1.29, 1.82) is 0 Å². The first kappa shape index (κ1) is 13.5. The molecular formula is C13H21BrN2S. The molecule has 0 bridgehead atoms. The highest BCUT2D eigenvalue weighted by Gasteiger charge is 2.17. The molecule has 2 rings (SSSR count). The molecule has 2 heterocycles. The van der Waals surface area contributed by atoms with Crippen molar-refractivity contribution in [1.82, 2.24) is 10.2 Å². The Morgan fingerprint density at radius 1 is 1.53 bits per heavy atom. The molecule has 1 aliphatic heterocycles. The number of halogens is 1. The molecule has 1 aromatic heterocycles. The van der Waals surface area contributed by atoms with Gasteiger partial charge in [-0.15, -0.1) is 11.3 Å². The van der Waals surface area contributed by atoms with Crippen molar-refractivity contribution in [3.05, 3.63) is 20.8 Å². The molecule has 1 aromatic rings. The van der Waals surface area contributed by atoms with Gasteiger partial charge in [0.2, 0.25) is 0 Å². The first-order valence-corrected chi connectivity index (χ1v) is 8.07. The molecule has 4 heteroatoms. The van der Waals surface area contributed by atoms with E-state index in [0.717, 1.165) is 19.1 Å². The number of nitrogens with one attached hydrogen (secondary N) is 1. The van der Waals surface area contributed by atoms with Gasteiger partial charge in [-0.05, 0) is 61.4 Å². The highest BCUT2D eigenvalue weighted by Crippen LogP contribution is 2.20. The SMILES string of the molecule is CN1CCCCC1CCNCc1cc(Br)cs1. The molecule has 17 heavy (non-hydrogen) atoms. The molecule has 1 atom stereocenters. The van der Waals surface area contributed by atoms with E-state index in [-0.39, 0.29) is 0 Å². The zero-order chi connectivity index (χ0) is 12.1. The molecule has 0 saturated carbocycles. The standard InChI is InChI=1S/C13H21BrN2S/c1-16-7-3-2-4-12(16)5-6-15-9-13-8-11(14)10-17-13/h8,10,12,15H,2-7,9H2,1H3. The van der Waals surface area contributed by atoms with Crippen LogP contribution in [0.15, 0.2) is 15.9 Å². The fourth-order valence-corrected chi connectivity index (χ4v) is 3.86. The van der Waals surface area contributed by atoms with Crippen LogP contribution >= 0.6 is 27.3 Å². The Balaban J connectivity index is 1.62. The lowest BCUT2D eigenvalue weighted by Gasteiger charge is -2.32. The van der Waals surface area contributed by atoms with Gasteiger partial charge in [-0.3, -0.25) is 0 Å². The fraction of sp³-hybridized carbons (Fsp3) is 0.692. The number of nitrogens with zero attached hydrogens (tertiary/aromatic N) is 1. The summed E-state index contributed by atoms with van der Waals surface area (Å²) < 4.78 is 1.20. The fourth-order valence-electron chi connectivity index (χ4n) is 2.44. The Morgan fingerprint density at radius 2 is 2.41 bits per heavy atom. The van der Waals surface area contributed by atoms with Gasteiger partial charge in [0.1, 0.15) is 0 Å². The summed E-state index contributed by atoms with van der Waals surface area (Å²) in [5.74, 6) is 0. The largest absolute Gasteiger partial charge is 0.312 e. The second-order valence-electron chi connectivity index (χ2n) is 4.83. The summed E-state index contributed by atoms with van der Waals surface area (Å²) in [4.78, 5) is 3.93. The Kier molecular flexibility index (Phi) is 5.48. The summed E-state index contributed by atoms with van der Waals surface area (Å²) in [6.45, 7) is 3.42. The minimum absolute atomic E-state index is 0.798. The van der Waals surface area contributed by atoms with Crippen LogP contribution in [0.2, 0.25) is 0 Å². The summed E-state index contributed by atoms with van der Waals surface area (Å²) in [6, 6.07) is 3.00. The van der Waals surface area contributed by atoms with E-state index in [4.69, 9.17) is 0 Å². The summed E-state index contributed by atoms with van der Waals surface area (Å²) in [5.41, 5.74) is 0. The van der Waals surface area contributed by atoms with Crippen molar-refractivity contribution in [3.8, 4) is 0 Å². The van der Waals surface area contributed by atoms with E-state index in [9.17, 15) is 0 Å². The van der Waals surface area contributed by atoms with Crippen LogP contribution in [-0.4, -0.2) is 31.1 Å². The molecule has 1 N–H and O–H groups in total. The number of piperidine rings is 1. The lowest BCUT2D eigenvalue weighted by Crippen LogP contribution is -2.38. The van der Waals surface area contributed by atoms with Gasteiger partial charge in [0.15, 0.2) is 0 Å². The van der Waals surface area contributed by atoms with Crippen LogP contribution in [0.5, 0.6) is 0 Å². The van der Waals surface area contributed by atoms with Gasteiger partial charge in [0, 0.05) is 27.3 Å². The van der Waals surface area contributed by atoms with Crippen LogP contribution in [0, 0.1) is 0 Å².